The third kappa shape index (κ3) is 8.14. The van der Waals surface area contributed by atoms with E-state index in [2.05, 4.69) is 54.6 Å². The monoisotopic (exact) mass is 563 g/mol. The Morgan fingerprint density at radius 2 is 1.63 bits per heavy atom. The summed E-state index contributed by atoms with van der Waals surface area (Å²) in [6.07, 6.45) is 28.0. The molecule has 4 heteroatoms. The lowest BCUT2D eigenvalue weighted by Crippen LogP contribution is -2.51. The first kappa shape index (κ1) is 32.0. The normalized spacial score (nSPS) is 28.5. The van der Waals surface area contributed by atoms with E-state index in [1.165, 1.54) is 56.9 Å². The molecule has 41 heavy (non-hydrogen) atoms. The summed E-state index contributed by atoms with van der Waals surface area (Å²) in [4.78, 5) is 12.8. The fourth-order valence-electron chi connectivity index (χ4n) is 9.01. The molecule has 0 amide bonds. The van der Waals surface area contributed by atoms with Gasteiger partial charge in [0.15, 0.2) is 0 Å². The zero-order chi connectivity index (χ0) is 29.1. The Hall–Kier alpha value is -1.91. The lowest BCUT2D eigenvalue weighted by molar-refractivity contribution is -0.152. The minimum Gasteiger partial charge on any atom is -0.481 e. The summed E-state index contributed by atoms with van der Waals surface area (Å²) >= 11 is 0. The van der Waals surface area contributed by atoms with Crippen molar-refractivity contribution >= 4 is 5.97 Å². The van der Waals surface area contributed by atoms with Gasteiger partial charge < -0.3 is 15.9 Å². The topological polar surface area (TPSA) is 83.5 Å². The van der Waals surface area contributed by atoms with Gasteiger partial charge in [-0.05, 0) is 100.0 Å². The maximum absolute atomic E-state index is 12.8. The van der Waals surface area contributed by atoms with Crippen LogP contribution in [-0.4, -0.2) is 28.8 Å². The number of aliphatic hydroxyl groups is 1. The van der Waals surface area contributed by atoms with Gasteiger partial charge in [0.25, 0.3) is 0 Å². The number of carboxylic acids is 1. The summed E-state index contributed by atoms with van der Waals surface area (Å²) < 4.78 is 0. The van der Waals surface area contributed by atoms with Crippen molar-refractivity contribution in [1.29, 1.82) is 0 Å². The number of nitrogens with two attached hydrogens (primary N) is 1. The van der Waals surface area contributed by atoms with E-state index in [1.54, 1.807) is 6.92 Å². The lowest BCUT2D eigenvalue weighted by atomic mass is 9.51. The van der Waals surface area contributed by atoms with Crippen LogP contribution in [0.15, 0.2) is 54.6 Å². The van der Waals surface area contributed by atoms with E-state index in [1.807, 2.05) is 0 Å². The van der Waals surface area contributed by atoms with Crippen LogP contribution in [-0.2, 0) is 10.2 Å². The highest BCUT2D eigenvalue weighted by molar-refractivity contribution is 5.71. The highest BCUT2D eigenvalue weighted by Gasteiger charge is 2.52. The molecule has 0 saturated heterocycles. The van der Waals surface area contributed by atoms with Gasteiger partial charge in [0, 0.05) is 5.41 Å². The maximum Gasteiger partial charge on any atom is 0.309 e. The SMILES string of the molecule is C[C@H](O)[C@H](C(=O)O)[C@@H]1[C@@H](CCN)[C@H](CCC/C=C\CCC2CCCCC2)C=C[C@H]1C1(c2ccccc2)CCCCC1. The van der Waals surface area contributed by atoms with Crippen molar-refractivity contribution in [1.82, 2.24) is 0 Å². The molecule has 4 nitrogen and oxygen atoms in total. The second-order valence-electron chi connectivity index (χ2n) is 13.6. The average molecular weight is 564 g/mol. The number of benzene rings is 1. The molecule has 1 aromatic rings. The molecule has 0 bridgehead atoms. The third-order valence-electron chi connectivity index (χ3n) is 11.0. The van der Waals surface area contributed by atoms with Gasteiger partial charge in [0.2, 0.25) is 0 Å². The second-order valence-corrected chi connectivity index (χ2v) is 13.6. The molecule has 0 spiro atoms. The zero-order valence-corrected chi connectivity index (χ0v) is 25.6. The summed E-state index contributed by atoms with van der Waals surface area (Å²) in [5.41, 5.74) is 7.47. The van der Waals surface area contributed by atoms with Gasteiger partial charge in [-0.3, -0.25) is 4.79 Å². The van der Waals surface area contributed by atoms with Crippen LogP contribution in [0, 0.1) is 35.5 Å². The number of aliphatic carboxylic acids is 1. The summed E-state index contributed by atoms with van der Waals surface area (Å²) in [5, 5.41) is 21.4. The first-order valence-corrected chi connectivity index (χ1v) is 17.0. The predicted molar refractivity (Wildman–Crippen MR) is 170 cm³/mol. The molecule has 0 aliphatic heterocycles. The Morgan fingerprint density at radius 1 is 0.951 bits per heavy atom. The van der Waals surface area contributed by atoms with Gasteiger partial charge in [0.05, 0.1) is 12.0 Å². The minimum absolute atomic E-state index is 0.0772. The highest BCUT2D eigenvalue weighted by Crippen LogP contribution is 2.55. The number of aliphatic hydroxyl groups excluding tert-OH is 1. The molecular weight excluding hydrogens is 506 g/mol. The third-order valence-corrected chi connectivity index (χ3v) is 11.0. The van der Waals surface area contributed by atoms with E-state index >= 15 is 0 Å². The molecule has 0 unspecified atom stereocenters. The average Bonchev–Trinajstić information content (AvgIpc) is 2.99. The summed E-state index contributed by atoms with van der Waals surface area (Å²) in [6, 6.07) is 10.8. The van der Waals surface area contributed by atoms with Crippen molar-refractivity contribution in [2.75, 3.05) is 6.54 Å². The number of unbranched alkanes of at least 4 members (excludes halogenated alkanes) is 1. The highest BCUT2D eigenvalue weighted by atomic mass is 16.4. The van der Waals surface area contributed by atoms with Gasteiger partial charge >= 0.3 is 5.97 Å². The van der Waals surface area contributed by atoms with Crippen LogP contribution in [0.25, 0.3) is 0 Å². The molecule has 0 heterocycles. The predicted octanol–water partition coefficient (Wildman–Crippen LogP) is 8.44. The minimum atomic E-state index is -0.907. The summed E-state index contributed by atoms with van der Waals surface area (Å²) in [7, 11) is 0. The molecule has 0 radical (unpaired) electrons. The molecule has 3 aliphatic carbocycles. The van der Waals surface area contributed by atoms with E-state index in [9.17, 15) is 15.0 Å². The summed E-state index contributed by atoms with van der Waals surface area (Å²) in [5.74, 6) is -0.348. The van der Waals surface area contributed by atoms with Gasteiger partial charge in [-0.2, -0.15) is 0 Å². The van der Waals surface area contributed by atoms with Crippen LogP contribution in [0.1, 0.15) is 115 Å². The molecule has 4 N–H and O–H groups in total. The van der Waals surface area contributed by atoms with Crippen molar-refractivity contribution < 1.29 is 15.0 Å². The number of hydrogen-bond donors (Lipinski definition) is 3. The molecule has 1 aromatic carbocycles. The zero-order valence-electron chi connectivity index (χ0n) is 25.6. The second kappa shape index (κ2) is 16.1. The maximum atomic E-state index is 12.8. The first-order valence-electron chi connectivity index (χ1n) is 17.0. The Morgan fingerprint density at radius 3 is 2.29 bits per heavy atom. The molecule has 2 saturated carbocycles. The Balaban J connectivity index is 1.53. The van der Waals surface area contributed by atoms with Crippen LogP contribution in [0.2, 0.25) is 0 Å². The first-order chi connectivity index (χ1) is 20.0. The molecule has 2 fully saturated rings. The number of carboxylic acid groups (broad SMARTS) is 1. The van der Waals surface area contributed by atoms with Crippen LogP contribution in [0.3, 0.4) is 0 Å². The molecule has 0 aromatic heterocycles. The van der Waals surface area contributed by atoms with E-state index in [-0.39, 0.29) is 23.2 Å². The number of rotatable bonds is 14. The fraction of sp³-hybridized carbons (Fsp3) is 0.703. The van der Waals surface area contributed by atoms with Crippen LogP contribution in [0.5, 0.6) is 0 Å². The van der Waals surface area contributed by atoms with Crippen LogP contribution >= 0.6 is 0 Å². The van der Waals surface area contributed by atoms with Crippen molar-refractivity contribution in [2.45, 2.75) is 121 Å². The van der Waals surface area contributed by atoms with Crippen LogP contribution < -0.4 is 5.73 Å². The van der Waals surface area contributed by atoms with E-state index < -0.39 is 18.0 Å². The number of hydrogen-bond acceptors (Lipinski definition) is 3. The standard InChI is InChI=1S/C37H57NO3/c1-28(39)34(36(40)41)35-32(24-27-38)30(19-11-4-2-3-8-16-29-17-9-5-10-18-29)22-23-33(35)37(25-14-7-15-26-37)31-20-12-6-13-21-31/h2-3,6,12-13,20-23,28-30,32-35,39H,4-5,7-11,14-19,24-27,38H2,1H3,(H,40,41)/b3-2-/t28-,30+,32-,33+,34-,35+/m0/s1. The van der Waals surface area contributed by atoms with Crippen molar-refractivity contribution in [3.63, 3.8) is 0 Å². The fourth-order valence-corrected chi connectivity index (χ4v) is 9.01. The molecule has 6 atom stereocenters. The number of carbonyl (C=O) groups is 1. The Labute approximate surface area is 249 Å². The molecule has 4 rings (SSSR count). The van der Waals surface area contributed by atoms with Crippen molar-refractivity contribution in [3.05, 3.63) is 60.2 Å². The largest absolute Gasteiger partial charge is 0.481 e. The Kier molecular flexibility index (Phi) is 12.6. The van der Waals surface area contributed by atoms with E-state index in [0.717, 1.165) is 57.3 Å². The molecule has 3 aliphatic rings. The molecular formula is C37H57NO3. The van der Waals surface area contributed by atoms with Crippen LogP contribution in [0.4, 0.5) is 0 Å². The quantitative estimate of drug-likeness (QED) is 0.157. The van der Waals surface area contributed by atoms with E-state index in [4.69, 9.17) is 5.73 Å². The van der Waals surface area contributed by atoms with E-state index in [0.29, 0.717) is 12.5 Å². The molecule has 228 valence electrons. The van der Waals surface area contributed by atoms with Gasteiger partial charge in [-0.15, -0.1) is 0 Å². The lowest BCUT2D eigenvalue weighted by Gasteiger charge is -2.53. The van der Waals surface area contributed by atoms with Crippen molar-refractivity contribution in [2.24, 2.45) is 41.2 Å². The smallest absolute Gasteiger partial charge is 0.309 e. The van der Waals surface area contributed by atoms with Gasteiger partial charge in [0.1, 0.15) is 0 Å². The Bertz CT molecular complexity index is 958. The number of allylic oxidation sites excluding steroid dienone is 4. The van der Waals surface area contributed by atoms with Crippen molar-refractivity contribution in [3.8, 4) is 0 Å². The van der Waals surface area contributed by atoms with Gasteiger partial charge in [-0.1, -0.05) is 106 Å². The van der Waals surface area contributed by atoms with Gasteiger partial charge in [-0.25, -0.2) is 0 Å². The summed E-state index contributed by atoms with van der Waals surface area (Å²) in [6.45, 7) is 2.22.